The fourth-order valence-corrected chi connectivity index (χ4v) is 9.77. The molecule has 12 heteroatoms. The lowest BCUT2D eigenvalue weighted by atomic mass is 10.1. The molecule has 486 valence electrons. The average Bonchev–Trinajstić information content (AvgIpc) is 3.77. The summed E-state index contributed by atoms with van der Waals surface area (Å²) in [6.07, 6.45) is 53.7. The SMILES string of the molecule is CCCCCCCCCCOc1ccc(-c2ncc(OCCCCCCCC)cn2)cc1.CCCCCCCCOc1ccc(-c2ncc(OCCCCCCCC)cn2)cc1.CCCCCCCCOc1cnc(-c2ccc(OCCCC)cc2)nc1. The molecule has 3 aromatic carbocycles. The molecule has 0 fully saturated rings. The van der Waals surface area contributed by atoms with Gasteiger partial charge in [-0.05, 0) is 111 Å². The first-order valence-electron chi connectivity index (χ1n) is 35.0. The second kappa shape index (κ2) is 51.6. The van der Waals surface area contributed by atoms with Crippen LogP contribution in [-0.2, 0) is 0 Å². The Hall–Kier alpha value is -6.30. The molecule has 0 saturated carbocycles. The van der Waals surface area contributed by atoms with Crippen molar-refractivity contribution in [2.24, 2.45) is 0 Å². The number of benzene rings is 3. The Bertz CT molecular complexity index is 2440. The smallest absolute Gasteiger partial charge is 0.159 e. The van der Waals surface area contributed by atoms with Crippen LogP contribution in [0, 0.1) is 0 Å². The van der Waals surface area contributed by atoms with Gasteiger partial charge in [0.2, 0.25) is 0 Å². The van der Waals surface area contributed by atoms with E-state index in [1.807, 2.05) is 72.8 Å². The van der Waals surface area contributed by atoms with Crippen molar-refractivity contribution < 1.29 is 28.4 Å². The summed E-state index contributed by atoms with van der Waals surface area (Å²) in [5, 5.41) is 0. The maximum Gasteiger partial charge on any atom is 0.159 e. The van der Waals surface area contributed by atoms with Gasteiger partial charge >= 0.3 is 0 Å². The second-order valence-electron chi connectivity index (χ2n) is 23.3. The van der Waals surface area contributed by atoms with Gasteiger partial charge < -0.3 is 28.4 Å². The normalized spacial score (nSPS) is 10.8. The quantitative estimate of drug-likeness (QED) is 0.0337. The average molecular weight is 1210 g/mol. The fraction of sp³-hybridized carbons (Fsp3) is 0.605. The van der Waals surface area contributed by atoms with Crippen LogP contribution in [0.15, 0.2) is 110 Å². The molecule has 6 aromatic rings. The molecule has 88 heavy (non-hydrogen) atoms. The van der Waals surface area contributed by atoms with E-state index in [2.05, 4.69) is 71.4 Å². The largest absolute Gasteiger partial charge is 0.494 e. The minimum atomic E-state index is 0.706. The third kappa shape index (κ3) is 35.6. The van der Waals surface area contributed by atoms with Crippen LogP contribution in [0.4, 0.5) is 0 Å². The molecule has 0 amide bonds. The summed E-state index contributed by atoms with van der Waals surface area (Å²) >= 11 is 0. The summed E-state index contributed by atoms with van der Waals surface area (Å²) in [6.45, 7) is 17.9. The van der Waals surface area contributed by atoms with Crippen molar-refractivity contribution in [3.05, 3.63) is 110 Å². The highest BCUT2D eigenvalue weighted by Crippen LogP contribution is 2.25. The summed E-state index contributed by atoms with van der Waals surface area (Å²) < 4.78 is 34.7. The second-order valence-corrected chi connectivity index (χ2v) is 23.3. The molecule has 0 saturated heterocycles. The summed E-state index contributed by atoms with van der Waals surface area (Å²) in [5.74, 6) is 7.07. The van der Waals surface area contributed by atoms with E-state index < -0.39 is 0 Å². The van der Waals surface area contributed by atoms with Gasteiger partial charge in [-0.25, -0.2) is 29.9 Å². The fourth-order valence-electron chi connectivity index (χ4n) is 9.77. The highest BCUT2D eigenvalue weighted by Gasteiger charge is 2.08. The van der Waals surface area contributed by atoms with E-state index in [0.717, 1.165) is 136 Å². The maximum atomic E-state index is 5.89. The maximum absolute atomic E-state index is 5.89. The van der Waals surface area contributed by atoms with E-state index in [0.29, 0.717) is 17.5 Å². The first-order valence-corrected chi connectivity index (χ1v) is 35.0. The number of hydrogen-bond acceptors (Lipinski definition) is 12. The van der Waals surface area contributed by atoms with Crippen LogP contribution in [0.2, 0.25) is 0 Å². The van der Waals surface area contributed by atoms with E-state index in [9.17, 15) is 0 Å². The third-order valence-corrected chi connectivity index (χ3v) is 15.3. The Morgan fingerprint density at radius 3 is 0.568 bits per heavy atom. The molecule has 0 radical (unpaired) electrons. The molecule has 0 N–H and O–H groups in total. The Morgan fingerprint density at radius 1 is 0.193 bits per heavy atom. The van der Waals surface area contributed by atoms with Gasteiger partial charge in [-0.3, -0.25) is 0 Å². The van der Waals surface area contributed by atoms with Crippen molar-refractivity contribution in [3.8, 4) is 68.7 Å². The Labute approximate surface area is 534 Å². The number of aromatic nitrogens is 6. The standard InChI is InChI=1S/C28H44N2O2.C26H40N2O2.C22H32N2O2/c1-3-5-7-9-11-12-14-15-21-31-26-19-17-25(18-20-26)28-29-23-27(24-30-28)32-22-16-13-10-8-6-4-2;1-3-5-7-9-11-13-19-29-24-17-15-23(16-18-24)26-27-21-25(22-28-26)30-20-14-12-10-8-6-4-2;1-3-5-7-8-9-10-16-26-21-17-23-22(24-18-21)19-11-13-20(14-12-19)25-15-6-4-2/h17-20,23-24H,3-16,21-22H2,1-2H3;15-18,21-22H,3-14,19-20H2,1-2H3;11-14,17-18H,3-10,15-16H2,1-2H3. The molecule has 0 atom stereocenters. The summed E-state index contributed by atoms with van der Waals surface area (Å²) in [7, 11) is 0. The van der Waals surface area contributed by atoms with Crippen molar-refractivity contribution in [3.63, 3.8) is 0 Å². The van der Waals surface area contributed by atoms with E-state index in [4.69, 9.17) is 28.4 Å². The van der Waals surface area contributed by atoms with Gasteiger partial charge in [-0.15, -0.1) is 0 Å². The number of rotatable bonds is 49. The van der Waals surface area contributed by atoms with E-state index >= 15 is 0 Å². The van der Waals surface area contributed by atoms with Crippen molar-refractivity contribution in [1.82, 2.24) is 29.9 Å². The Balaban J connectivity index is 0.000000284. The molecule has 12 nitrogen and oxygen atoms in total. The van der Waals surface area contributed by atoms with Gasteiger partial charge in [0.1, 0.15) is 17.2 Å². The van der Waals surface area contributed by atoms with Crippen molar-refractivity contribution in [2.75, 3.05) is 39.6 Å². The minimum Gasteiger partial charge on any atom is -0.494 e. The molecular weight excluding hydrogens is 1090 g/mol. The first kappa shape index (κ1) is 74.2. The molecule has 0 unspecified atom stereocenters. The third-order valence-electron chi connectivity index (χ3n) is 15.3. The van der Waals surface area contributed by atoms with Crippen LogP contribution < -0.4 is 28.4 Å². The van der Waals surface area contributed by atoms with Gasteiger partial charge in [0.05, 0.1) is 76.8 Å². The van der Waals surface area contributed by atoms with Crippen LogP contribution >= 0.6 is 0 Å². The summed E-state index contributed by atoms with van der Waals surface area (Å²) in [5.41, 5.74) is 2.96. The zero-order valence-corrected chi connectivity index (χ0v) is 55.8. The van der Waals surface area contributed by atoms with Crippen molar-refractivity contribution >= 4 is 0 Å². The zero-order chi connectivity index (χ0) is 62.4. The lowest BCUT2D eigenvalue weighted by molar-refractivity contribution is 0.302. The van der Waals surface area contributed by atoms with Gasteiger partial charge in [-0.1, -0.05) is 221 Å². The number of nitrogens with zero attached hydrogens (tertiary/aromatic N) is 6. The van der Waals surface area contributed by atoms with Crippen molar-refractivity contribution in [1.29, 1.82) is 0 Å². The Morgan fingerprint density at radius 2 is 0.364 bits per heavy atom. The monoisotopic (exact) mass is 1210 g/mol. The van der Waals surface area contributed by atoms with Crippen LogP contribution in [0.3, 0.4) is 0 Å². The molecule has 0 spiro atoms. The van der Waals surface area contributed by atoms with E-state index in [1.54, 1.807) is 37.2 Å². The molecule has 3 aromatic heterocycles. The van der Waals surface area contributed by atoms with Crippen molar-refractivity contribution in [2.45, 2.75) is 260 Å². The Kier molecular flexibility index (Phi) is 43.5. The predicted molar refractivity (Wildman–Crippen MR) is 366 cm³/mol. The lowest BCUT2D eigenvalue weighted by Crippen LogP contribution is -1.99. The number of ether oxygens (including phenoxy) is 6. The molecular formula is C76H116N6O6. The first-order chi connectivity index (χ1) is 43.5. The van der Waals surface area contributed by atoms with E-state index in [-0.39, 0.29) is 0 Å². The summed E-state index contributed by atoms with van der Waals surface area (Å²) in [6, 6.07) is 24.0. The summed E-state index contributed by atoms with van der Waals surface area (Å²) in [4.78, 5) is 26.7. The van der Waals surface area contributed by atoms with Crippen LogP contribution in [0.25, 0.3) is 34.2 Å². The number of unbranched alkanes of at least 4 members (excludes halogenated alkanes) is 28. The van der Waals surface area contributed by atoms with Crippen LogP contribution in [0.1, 0.15) is 260 Å². The topological polar surface area (TPSA) is 133 Å². The molecule has 0 aliphatic heterocycles. The van der Waals surface area contributed by atoms with Gasteiger partial charge in [0, 0.05) is 16.7 Å². The van der Waals surface area contributed by atoms with Crippen LogP contribution in [0.5, 0.6) is 34.5 Å². The van der Waals surface area contributed by atoms with Crippen LogP contribution in [-0.4, -0.2) is 69.5 Å². The molecule has 6 rings (SSSR count). The predicted octanol–water partition coefficient (Wildman–Crippen LogP) is 22.1. The minimum absolute atomic E-state index is 0.706. The molecule has 0 bridgehead atoms. The lowest BCUT2D eigenvalue weighted by Gasteiger charge is -2.08. The molecule has 3 heterocycles. The van der Waals surface area contributed by atoms with Gasteiger partial charge in [-0.2, -0.15) is 0 Å². The molecule has 0 aliphatic rings. The highest BCUT2D eigenvalue weighted by atomic mass is 16.5. The van der Waals surface area contributed by atoms with Gasteiger partial charge in [0.15, 0.2) is 34.7 Å². The molecule has 0 aliphatic carbocycles. The number of hydrogen-bond donors (Lipinski definition) is 0. The zero-order valence-electron chi connectivity index (χ0n) is 55.8. The van der Waals surface area contributed by atoms with E-state index in [1.165, 1.54) is 173 Å². The highest BCUT2D eigenvalue weighted by molar-refractivity contribution is 5.58. The van der Waals surface area contributed by atoms with Gasteiger partial charge in [0.25, 0.3) is 0 Å².